The Kier molecular flexibility index (Phi) is 3.72. The van der Waals surface area contributed by atoms with Crippen LogP contribution in [-0.2, 0) is 0 Å². The molecule has 0 aliphatic heterocycles. The zero-order valence-corrected chi connectivity index (χ0v) is 13.0. The first-order valence-electron chi connectivity index (χ1n) is 6.83. The van der Waals surface area contributed by atoms with Gasteiger partial charge in [-0.15, -0.1) is 11.3 Å². The Morgan fingerprint density at radius 1 is 1.27 bits per heavy atom. The lowest BCUT2D eigenvalue weighted by Gasteiger charge is -2.11. The molecule has 22 heavy (non-hydrogen) atoms. The van der Waals surface area contributed by atoms with E-state index < -0.39 is 0 Å². The lowest BCUT2D eigenvalue weighted by atomic mass is 10.1. The van der Waals surface area contributed by atoms with E-state index in [-0.39, 0.29) is 17.5 Å². The van der Waals surface area contributed by atoms with Crippen LogP contribution in [0.15, 0.2) is 40.6 Å². The fourth-order valence-electron chi connectivity index (χ4n) is 2.12. The van der Waals surface area contributed by atoms with Crippen LogP contribution in [0.3, 0.4) is 0 Å². The molecule has 0 radical (unpaired) electrons. The highest BCUT2D eigenvalue weighted by Crippen LogP contribution is 2.31. The molecule has 3 rings (SSSR count). The van der Waals surface area contributed by atoms with Crippen LogP contribution in [0.25, 0.3) is 21.8 Å². The molecule has 3 aromatic heterocycles. The molecule has 0 fully saturated rings. The summed E-state index contributed by atoms with van der Waals surface area (Å²) in [5, 5.41) is 6.40. The molecule has 112 valence electrons. The van der Waals surface area contributed by atoms with Crippen LogP contribution in [0, 0.1) is 0 Å². The van der Waals surface area contributed by atoms with E-state index in [0.717, 1.165) is 16.1 Å². The maximum Gasteiger partial charge on any atom is 0.267 e. The molecule has 7 heteroatoms. The number of nitrogen functional groups attached to an aromatic ring is 1. The van der Waals surface area contributed by atoms with Gasteiger partial charge in [0.15, 0.2) is 0 Å². The van der Waals surface area contributed by atoms with Crippen molar-refractivity contribution in [1.29, 1.82) is 0 Å². The zero-order valence-electron chi connectivity index (χ0n) is 12.2. The second-order valence-electron chi connectivity index (χ2n) is 5.06. The highest BCUT2D eigenvalue weighted by molar-refractivity contribution is 7.13. The van der Waals surface area contributed by atoms with Crippen molar-refractivity contribution in [2.24, 2.45) is 0 Å². The molecule has 0 aromatic carbocycles. The third kappa shape index (κ3) is 2.62. The van der Waals surface area contributed by atoms with E-state index in [1.807, 2.05) is 31.4 Å². The quantitative estimate of drug-likeness (QED) is 0.803. The average molecular weight is 313 g/mol. The molecule has 0 aliphatic rings. The van der Waals surface area contributed by atoms with Crippen molar-refractivity contribution in [3.8, 4) is 21.8 Å². The van der Waals surface area contributed by atoms with Gasteiger partial charge in [-0.2, -0.15) is 5.10 Å². The monoisotopic (exact) mass is 313 g/mol. The zero-order chi connectivity index (χ0) is 15.7. The van der Waals surface area contributed by atoms with E-state index >= 15 is 0 Å². The highest BCUT2D eigenvalue weighted by atomic mass is 32.1. The van der Waals surface area contributed by atoms with Gasteiger partial charge in [-0.05, 0) is 31.4 Å². The predicted octanol–water partition coefficient (Wildman–Crippen LogP) is 2.59. The number of rotatable bonds is 3. The Bertz CT molecular complexity index is 855. The normalized spacial score (nSPS) is 11.0. The fraction of sp³-hybridized carbons (Fsp3) is 0.200. The third-order valence-corrected chi connectivity index (χ3v) is 4.03. The van der Waals surface area contributed by atoms with Crippen LogP contribution >= 0.6 is 11.3 Å². The lowest BCUT2D eigenvalue weighted by molar-refractivity contribution is 0.505. The first kappa shape index (κ1) is 14.4. The molecule has 2 N–H and O–H groups in total. The molecular formula is C15H15N5OS. The van der Waals surface area contributed by atoms with Crippen molar-refractivity contribution in [2.75, 3.05) is 5.73 Å². The summed E-state index contributed by atoms with van der Waals surface area (Å²) in [6, 6.07) is 7.09. The molecule has 0 amide bonds. The Balaban J connectivity index is 2.21. The first-order valence-corrected chi connectivity index (χ1v) is 7.71. The number of nitrogens with two attached hydrogens (primary N) is 1. The largest absolute Gasteiger partial charge is 0.368 e. The fourth-order valence-corrected chi connectivity index (χ4v) is 2.85. The molecule has 0 saturated heterocycles. The van der Waals surface area contributed by atoms with Gasteiger partial charge in [-0.3, -0.25) is 4.79 Å². The maximum absolute atomic E-state index is 11.9. The van der Waals surface area contributed by atoms with Gasteiger partial charge in [0, 0.05) is 17.8 Å². The molecule has 0 atom stereocenters. The van der Waals surface area contributed by atoms with Crippen LogP contribution < -0.4 is 11.3 Å². The van der Waals surface area contributed by atoms with Crippen LogP contribution in [0.2, 0.25) is 0 Å². The number of anilines is 1. The maximum atomic E-state index is 11.9. The number of nitrogens with zero attached hydrogens (tertiary/aromatic N) is 4. The van der Waals surface area contributed by atoms with Gasteiger partial charge in [-0.1, -0.05) is 6.07 Å². The minimum atomic E-state index is -0.132. The Morgan fingerprint density at radius 3 is 2.77 bits per heavy atom. The van der Waals surface area contributed by atoms with Crippen molar-refractivity contribution < 1.29 is 0 Å². The smallest absolute Gasteiger partial charge is 0.267 e. The minimum absolute atomic E-state index is 0.0210. The van der Waals surface area contributed by atoms with E-state index in [1.54, 1.807) is 23.6 Å². The van der Waals surface area contributed by atoms with Crippen LogP contribution in [0.1, 0.15) is 19.9 Å². The number of thiophene rings is 1. The predicted molar refractivity (Wildman–Crippen MR) is 87.6 cm³/mol. The van der Waals surface area contributed by atoms with Gasteiger partial charge in [-0.25, -0.2) is 14.6 Å². The topological polar surface area (TPSA) is 86.7 Å². The lowest BCUT2D eigenvalue weighted by Crippen LogP contribution is -2.24. The van der Waals surface area contributed by atoms with Crippen molar-refractivity contribution in [2.45, 2.75) is 19.9 Å². The molecule has 3 aromatic rings. The van der Waals surface area contributed by atoms with E-state index in [4.69, 9.17) is 5.73 Å². The van der Waals surface area contributed by atoms with Gasteiger partial charge in [0.1, 0.15) is 0 Å². The summed E-state index contributed by atoms with van der Waals surface area (Å²) in [5.74, 6) is 0.212. The van der Waals surface area contributed by atoms with Gasteiger partial charge in [0.05, 0.1) is 22.3 Å². The highest BCUT2D eigenvalue weighted by Gasteiger charge is 2.14. The Labute approximate surface area is 131 Å². The van der Waals surface area contributed by atoms with Gasteiger partial charge < -0.3 is 5.73 Å². The summed E-state index contributed by atoms with van der Waals surface area (Å²) in [7, 11) is 0. The van der Waals surface area contributed by atoms with Crippen molar-refractivity contribution in [3.63, 3.8) is 0 Å². The second kappa shape index (κ2) is 5.69. The van der Waals surface area contributed by atoms with Gasteiger partial charge in [0.2, 0.25) is 5.95 Å². The number of aromatic nitrogens is 4. The summed E-state index contributed by atoms with van der Waals surface area (Å²) in [5.41, 5.74) is 7.72. The van der Waals surface area contributed by atoms with E-state index in [1.165, 1.54) is 10.7 Å². The molecule has 0 spiro atoms. The third-order valence-electron chi connectivity index (χ3n) is 3.15. The molecule has 0 unspecified atom stereocenters. The number of hydrogen-bond donors (Lipinski definition) is 1. The van der Waals surface area contributed by atoms with Crippen molar-refractivity contribution >= 4 is 17.3 Å². The summed E-state index contributed by atoms with van der Waals surface area (Å²) < 4.78 is 1.45. The minimum Gasteiger partial charge on any atom is -0.368 e. The Morgan fingerprint density at radius 2 is 2.09 bits per heavy atom. The van der Waals surface area contributed by atoms with Crippen molar-refractivity contribution in [1.82, 2.24) is 19.7 Å². The van der Waals surface area contributed by atoms with Gasteiger partial charge in [0.25, 0.3) is 5.56 Å². The standard InChI is InChI=1S/C15H15N5OS/c1-9(2)20-13(21)6-5-11(19-20)10-8-17-15(16)18-14(10)12-4-3-7-22-12/h3-9H,1-2H3,(H2,16,17,18). The number of hydrogen-bond acceptors (Lipinski definition) is 6. The summed E-state index contributed by atoms with van der Waals surface area (Å²) in [4.78, 5) is 21.2. The van der Waals surface area contributed by atoms with Crippen LogP contribution in [0.5, 0.6) is 0 Å². The van der Waals surface area contributed by atoms with E-state index in [2.05, 4.69) is 15.1 Å². The molecular weight excluding hydrogens is 298 g/mol. The second-order valence-corrected chi connectivity index (χ2v) is 6.01. The van der Waals surface area contributed by atoms with Gasteiger partial charge >= 0.3 is 0 Å². The van der Waals surface area contributed by atoms with Crippen molar-refractivity contribution in [3.05, 3.63) is 46.2 Å². The molecule has 3 heterocycles. The molecule has 0 bridgehead atoms. The van der Waals surface area contributed by atoms with Crippen LogP contribution in [-0.4, -0.2) is 19.7 Å². The van der Waals surface area contributed by atoms with Crippen LogP contribution in [0.4, 0.5) is 5.95 Å². The van der Waals surface area contributed by atoms with E-state index in [0.29, 0.717) is 5.69 Å². The Hall–Kier alpha value is -2.54. The SMILES string of the molecule is CC(C)n1nc(-c2cnc(N)nc2-c2cccs2)ccc1=O. The molecule has 6 nitrogen and oxygen atoms in total. The summed E-state index contributed by atoms with van der Waals surface area (Å²) >= 11 is 1.57. The summed E-state index contributed by atoms with van der Waals surface area (Å²) in [6.45, 7) is 3.83. The molecule has 0 saturated carbocycles. The average Bonchev–Trinajstić information content (AvgIpc) is 3.02. The summed E-state index contributed by atoms with van der Waals surface area (Å²) in [6.07, 6.45) is 1.65. The molecule has 0 aliphatic carbocycles. The van der Waals surface area contributed by atoms with E-state index in [9.17, 15) is 4.79 Å². The first-order chi connectivity index (χ1) is 10.6.